The third-order valence-electron chi connectivity index (χ3n) is 4.58. The zero-order valence-electron chi connectivity index (χ0n) is 15.8. The summed E-state index contributed by atoms with van der Waals surface area (Å²) in [7, 11) is 0. The summed E-state index contributed by atoms with van der Waals surface area (Å²) >= 11 is 0. The zero-order chi connectivity index (χ0) is 20.1. The molecule has 0 spiro atoms. The maximum atomic E-state index is 12.8. The van der Waals surface area contributed by atoms with Crippen LogP contribution in [-0.4, -0.2) is 22.0 Å². The van der Waals surface area contributed by atoms with Crippen LogP contribution >= 0.6 is 0 Å². The van der Waals surface area contributed by atoms with Gasteiger partial charge in [0.2, 0.25) is 0 Å². The molecule has 3 aromatic rings. The molecule has 0 aliphatic carbocycles. The fourth-order valence-electron chi connectivity index (χ4n) is 3.07. The van der Waals surface area contributed by atoms with Crippen molar-refractivity contribution in [1.82, 2.24) is 10.3 Å². The average Bonchev–Trinajstić information content (AvgIpc) is 2.68. The molecule has 0 aliphatic rings. The van der Waals surface area contributed by atoms with E-state index in [0.29, 0.717) is 5.69 Å². The maximum absolute atomic E-state index is 12.8. The van der Waals surface area contributed by atoms with E-state index in [1.807, 2.05) is 68.4 Å². The second-order valence-corrected chi connectivity index (χ2v) is 6.75. The molecule has 1 heterocycles. The minimum absolute atomic E-state index is 0.200. The number of nitrogens with one attached hydrogen (secondary N) is 1. The summed E-state index contributed by atoms with van der Waals surface area (Å²) in [4.78, 5) is 28.6. The summed E-state index contributed by atoms with van der Waals surface area (Å²) in [6.07, 6.45) is -0.200. The zero-order valence-corrected chi connectivity index (χ0v) is 15.8. The lowest BCUT2D eigenvalue weighted by Gasteiger charge is -2.19. The highest BCUT2D eigenvalue weighted by Crippen LogP contribution is 2.22. The van der Waals surface area contributed by atoms with Crippen LogP contribution < -0.4 is 5.32 Å². The number of amides is 1. The predicted molar refractivity (Wildman–Crippen MR) is 108 cm³/mol. The number of aryl methyl sites for hydroxylation is 2. The SMILES string of the molecule is Cc1ccc(-c2cccc(C(=O)N[C@@H](CC(=O)O)c3ccccc3C)n2)cc1. The Kier molecular flexibility index (Phi) is 5.84. The predicted octanol–water partition coefficient (Wildman–Crippen LogP) is 4.31. The first-order chi connectivity index (χ1) is 13.4. The number of aromatic nitrogens is 1. The van der Waals surface area contributed by atoms with E-state index in [-0.39, 0.29) is 12.1 Å². The van der Waals surface area contributed by atoms with Gasteiger partial charge in [0.25, 0.3) is 5.91 Å². The van der Waals surface area contributed by atoms with Crippen molar-refractivity contribution in [3.8, 4) is 11.3 Å². The van der Waals surface area contributed by atoms with Gasteiger partial charge in [0.1, 0.15) is 5.69 Å². The fourth-order valence-corrected chi connectivity index (χ4v) is 3.07. The smallest absolute Gasteiger partial charge is 0.305 e. The highest BCUT2D eigenvalue weighted by Gasteiger charge is 2.21. The number of carboxylic acids is 1. The van der Waals surface area contributed by atoms with Crippen molar-refractivity contribution in [3.63, 3.8) is 0 Å². The lowest BCUT2D eigenvalue weighted by atomic mass is 9.98. The quantitative estimate of drug-likeness (QED) is 0.674. The summed E-state index contributed by atoms with van der Waals surface area (Å²) in [5.41, 5.74) is 4.72. The van der Waals surface area contributed by atoms with E-state index in [1.165, 1.54) is 0 Å². The number of hydrogen-bond donors (Lipinski definition) is 2. The van der Waals surface area contributed by atoms with Gasteiger partial charge in [0, 0.05) is 5.56 Å². The molecule has 0 unspecified atom stereocenters. The van der Waals surface area contributed by atoms with Crippen molar-refractivity contribution < 1.29 is 14.7 Å². The number of carboxylic acid groups (broad SMARTS) is 1. The summed E-state index contributed by atoms with van der Waals surface area (Å²) in [5.74, 6) is -1.38. The number of nitrogens with zero attached hydrogens (tertiary/aromatic N) is 1. The topological polar surface area (TPSA) is 79.3 Å². The summed E-state index contributed by atoms with van der Waals surface area (Å²) in [5, 5.41) is 12.1. The largest absolute Gasteiger partial charge is 0.481 e. The first-order valence-electron chi connectivity index (χ1n) is 9.06. The number of carbonyl (C=O) groups excluding carboxylic acids is 1. The minimum Gasteiger partial charge on any atom is -0.481 e. The van der Waals surface area contributed by atoms with Gasteiger partial charge in [-0.3, -0.25) is 9.59 Å². The number of aliphatic carboxylic acids is 1. The van der Waals surface area contributed by atoms with Crippen LogP contribution in [-0.2, 0) is 4.79 Å². The van der Waals surface area contributed by atoms with Crippen LogP contribution in [0.15, 0.2) is 66.7 Å². The maximum Gasteiger partial charge on any atom is 0.305 e. The van der Waals surface area contributed by atoms with Crippen molar-refractivity contribution in [2.45, 2.75) is 26.3 Å². The molecule has 3 rings (SSSR count). The highest BCUT2D eigenvalue weighted by atomic mass is 16.4. The van der Waals surface area contributed by atoms with Crippen molar-refractivity contribution >= 4 is 11.9 Å². The van der Waals surface area contributed by atoms with Crippen LogP contribution in [0.3, 0.4) is 0 Å². The van der Waals surface area contributed by atoms with Gasteiger partial charge in [0.05, 0.1) is 18.2 Å². The number of rotatable bonds is 6. The first kappa shape index (κ1) is 19.3. The third-order valence-corrected chi connectivity index (χ3v) is 4.58. The van der Waals surface area contributed by atoms with Gasteiger partial charge in [0.15, 0.2) is 0 Å². The molecule has 5 nitrogen and oxygen atoms in total. The number of benzene rings is 2. The molecule has 1 atom stereocenters. The van der Waals surface area contributed by atoms with Crippen molar-refractivity contribution in [2.24, 2.45) is 0 Å². The molecule has 0 saturated heterocycles. The molecule has 2 N–H and O–H groups in total. The van der Waals surface area contributed by atoms with Crippen molar-refractivity contribution in [1.29, 1.82) is 0 Å². The van der Waals surface area contributed by atoms with E-state index in [1.54, 1.807) is 12.1 Å². The standard InChI is InChI=1S/C23H22N2O3/c1-15-10-12-17(13-11-15)19-8-5-9-20(24-19)23(28)25-21(14-22(26)27)18-7-4-3-6-16(18)2/h3-13,21H,14H2,1-2H3,(H,25,28)(H,26,27)/t21-/m0/s1. The van der Waals surface area contributed by atoms with Crippen LogP contribution in [0.1, 0.15) is 39.6 Å². The third kappa shape index (κ3) is 4.62. The van der Waals surface area contributed by atoms with Gasteiger partial charge in [-0.15, -0.1) is 0 Å². The lowest BCUT2D eigenvalue weighted by Crippen LogP contribution is -2.31. The molecular weight excluding hydrogens is 352 g/mol. The Morgan fingerprint density at radius 2 is 1.68 bits per heavy atom. The Balaban J connectivity index is 1.86. The molecule has 0 aliphatic heterocycles. The molecule has 28 heavy (non-hydrogen) atoms. The molecule has 0 saturated carbocycles. The summed E-state index contributed by atoms with van der Waals surface area (Å²) < 4.78 is 0. The molecule has 0 radical (unpaired) electrons. The van der Waals surface area contributed by atoms with E-state index >= 15 is 0 Å². The van der Waals surface area contributed by atoms with E-state index in [4.69, 9.17) is 0 Å². The van der Waals surface area contributed by atoms with E-state index < -0.39 is 17.9 Å². The average molecular weight is 374 g/mol. The molecule has 142 valence electrons. The van der Waals surface area contributed by atoms with E-state index in [2.05, 4.69) is 10.3 Å². The van der Waals surface area contributed by atoms with Gasteiger partial charge >= 0.3 is 5.97 Å². The molecule has 1 aromatic heterocycles. The Hall–Kier alpha value is -3.47. The first-order valence-corrected chi connectivity index (χ1v) is 9.06. The van der Waals surface area contributed by atoms with Crippen molar-refractivity contribution in [2.75, 3.05) is 0 Å². The van der Waals surface area contributed by atoms with Crippen LogP contribution in [0.25, 0.3) is 11.3 Å². The van der Waals surface area contributed by atoms with E-state index in [9.17, 15) is 14.7 Å². The van der Waals surface area contributed by atoms with Gasteiger partial charge in [-0.25, -0.2) is 4.98 Å². The van der Waals surface area contributed by atoms with Crippen LogP contribution in [0.5, 0.6) is 0 Å². The van der Waals surface area contributed by atoms with Crippen LogP contribution in [0.4, 0.5) is 0 Å². The fraction of sp³-hybridized carbons (Fsp3) is 0.174. The molecule has 5 heteroatoms. The van der Waals surface area contributed by atoms with Gasteiger partial charge in [-0.2, -0.15) is 0 Å². The highest BCUT2D eigenvalue weighted by molar-refractivity contribution is 5.93. The number of carbonyl (C=O) groups is 2. The summed E-state index contributed by atoms with van der Waals surface area (Å²) in [6.45, 7) is 3.90. The van der Waals surface area contributed by atoms with Crippen LogP contribution in [0.2, 0.25) is 0 Å². The molecule has 0 bridgehead atoms. The Bertz CT molecular complexity index is 997. The molecule has 1 amide bonds. The lowest BCUT2D eigenvalue weighted by molar-refractivity contribution is -0.137. The molecule has 2 aromatic carbocycles. The normalized spacial score (nSPS) is 11.6. The van der Waals surface area contributed by atoms with Crippen LogP contribution in [0, 0.1) is 13.8 Å². The Morgan fingerprint density at radius 1 is 0.964 bits per heavy atom. The molecular formula is C23H22N2O3. The van der Waals surface area contributed by atoms with Crippen molar-refractivity contribution in [3.05, 3.63) is 89.1 Å². The summed E-state index contributed by atoms with van der Waals surface area (Å²) in [6, 6.07) is 20.0. The van der Waals surface area contributed by atoms with Gasteiger partial charge in [-0.05, 0) is 37.1 Å². The second kappa shape index (κ2) is 8.48. The Morgan fingerprint density at radius 3 is 2.36 bits per heavy atom. The minimum atomic E-state index is -0.977. The second-order valence-electron chi connectivity index (χ2n) is 6.75. The van der Waals surface area contributed by atoms with Gasteiger partial charge in [-0.1, -0.05) is 60.2 Å². The number of hydrogen-bond acceptors (Lipinski definition) is 3. The Labute approximate surface area is 164 Å². The van der Waals surface area contributed by atoms with E-state index in [0.717, 1.165) is 22.3 Å². The van der Waals surface area contributed by atoms with Gasteiger partial charge < -0.3 is 10.4 Å². The monoisotopic (exact) mass is 374 g/mol. The number of pyridine rings is 1. The molecule has 0 fully saturated rings.